The number of benzene rings is 2. The van der Waals surface area contributed by atoms with Crippen molar-refractivity contribution in [2.24, 2.45) is 0 Å². The predicted molar refractivity (Wildman–Crippen MR) is 91.8 cm³/mol. The van der Waals surface area contributed by atoms with Gasteiger partial charge in [-0.25, -0.2) is 16.8 Å². The van der Waals surface area contributed by atoms with Crippen LogP contribution in [0.5, 0.6) is 0 Å². The van der Waals surface area contributed by atoms with E-state index in [1.807, 2.05) is 0 Å². The Balaban J connectivity index is 2.62. The summed E-state index contributed by atoms with van der Waals surface area (Å²) in [6, 6.07) is 10.8. The van der Waals surface area contributed by atoms with Gasteiger partial charge >= 0.3 is 0 Å². The average Bonchev–Trinajstić information content (AvgIpc) is 2.46. The van der Waals surface area contributed by atoms with Gasteiger partial charge in [-0.15, -0.1) is 0 Å². The summed E-state index contributed by atoms with van der Waals surface area (Å²) in [4.78, 5) is -0.361. The molecule has 0 unspecified atom stereocenters. The third-order valence-electron chi connectivity index (χ3n) is 3.18. The standard InChI is InChI=1S/C13H11Cl2O5PS2/c1-21(16,10-4-2-6-12(8-10)22(14,17)18)11-5-3-7-13(9-11)23(15,19)20/h2-9H,1H3. The molecule has 5 nitrogen and oxygen atoms in total. The highest BCUT2D eigenvalue weighted by Crippen LogP contribution is 2.40. The first kappa shape index (κ1) is 18.5. The van der Waals surface area contributed by atoms with Crippen LogP contribution in [-0.4, -0.2) is 23.5 Å². The molecule has 2 aromatic rings. The van der Waals surface area contributed by atoms with Gasteiger partial charge in [0.05, 0.1) is 9.79 Å². The third-order valence-corrected chi connectivity index (χ3v) is 8.41. The van der Waals surface area contributed by atoms with Gasteiger partial charge in [-0.2, -0.15) is 0 Å². The van der Waals surface area contributed by atoms with Crippen molar-refractivity contribution in [2.75, 3.05) is 6.66 Å². The molecule has 2 rings (SSSR count). The zero-order chi connectivity index (χ0) is 17.5. The van der Waals surface area contributed by atoms with E-state index in [0.717, 1.165) is 0 Å². The van der Waals surface area contributed by atoms with Gasteiger partial charge in [0, 0.05) is 32.0 Å². The van der Waals surface area contributed by atoms with E-state index in [4.69, 9.17) is 21.4 Å². The number of hydrogen-bond donors (Lipinski definition) is 0. The molecule has 2 aromatic carbocycles. The lowest BCUT2D eigenvalue weighted by Crippen LogP contribution is -2.16. The van der Waals surface area contributed by atoms with Gasteiger partial charge in [0.15, 0.2) is 0 Å². The van der Waals surface area contributed by atoms with Crippen LogP contribution in [0.3, 0.4) is 0 Å². The molecule has 0 aliphatic rings. The Labute approximate surface area is 143 Å². The first-order valence-corrected chi connectivity index (χ1v) is 12.9. The maximum atomic E-state index is 13.1. The lowest BCUT2D eigenvalue weighted by atomic mass is 10.4. The van der Waals surface area contributed by atoms with Gasteiger partial charge in [-0.05, 0) is 30.9 Å². The lowest BCUT2D eigenvalue weighted by molar-refractivity contribution is 0.590. The largest absolute Gasteiger partial charge is 0.314 e. The molecule has 0 aliphatic carbocycles. The van der Waals surface area contributed by atoms with Crippen LogP contribution in [0.15, 0.2) is 58.3 Å². The summed E-state index contributed by atoms with van der Waals surface area (Å²) in [6.07, 6.45) is 0. The second-order valence-electron chi connectivity index (χ2n) is 4.79. The Morgan fingerprint density at radius 3 is 1.43 bits per heavy atom. The van der Waals surface area contributed by atoms with E-state index in [9.17, 15) is 21.4 Å². The molecule has 23 heavy (non-hydrogen) atoms. The van der Waals surface area contributed by atoms with Crippen LogP contribution >= 0.6 is 28.5 Å². The van der Waals surface area contributed by atoms with Crippen LogP contribution in [0.25, 0.3) is 0 Å². The van der Waals surface area contributed by atoms with Crippen LogP contribution in [0.2, 0.25) is 0 Å². The van der Waals surface area contributed by atoms with Crippen molar-refractivity contribution in [2.45, 2.75) is 9.79 Å². The zero-order valence-electron chi connectivity index (χ0n) is 11.7. The van der Waals surface area contributed by atoms with Crippen molar-refractivity contribution >= 4 is 57.2 Å². The van der Waals surface area contributed by atoms with E-state index >= 15 is 0 Å². The van der Waals surface area contributed by atoms with Gasteiger partial charge < -0.3 is 4.57 Å². The SMILES string of the molecule is CP(=O)(c1cccc(S(=O)(=O)Cl)c1)c1cccc(S(=O)(=O)Cl)c1. The van der Waals surface area contributed by atoms with Crippen molar-refractivity contribution in [1.82, 2.24) is 0 Å². The number of rotatable bonds is 4. The lowest BCUT2D eigenvalue weighted by Gasteiger charge is -2.15. The molecule has 0 atom stereocenters. The molecule has 0 bridgehead atoms. The smallest absolute Gasteiger partial charge is 0.261 e. The normalized spacial score (nSPS) is 13.0. The molecule has 0 heterocycles. The zero-order valence-corrected chi connectivity index (χ0v) is 15.7. The quantitative estimate of drug-likeness (QED) is 0.568. The van der Waals surface area contributed by atoms with Gasteiger partial charge in [0.2, 0.25) is 0 Å². The Kier molecular flexibility index (Phi) is 5.00. The van der Waals surface area contributed by atoms with Crippen molar-refractivity contribution in [1.29, 1.82) is 0 Å². The van der Waals surface area contributed by atoms with Gasteiger partial charge in [-0.1, -0.05) is 24.3 Å². The van der Waals surface area contributed by atoms with Crippen molar-refractivity contribution in [3.05, 3.63) is 48.5 Å². The van der Waals surface area contributed by atoms with Crippen LogP contribution in [0.4, 0.5) is 0 Å². The minimum absolute atomic E-state index is 0.181. The molecule has 0 N–H and O–H groups in total. The maximum Gasteiger partial charge on any atom is 0.261 e. The second-order valence-corrected chi connectivity index (χ2v) is 12.8. The monoisotopic (exact) mass is 412 g/mol. The number of hydrogen-bond acceptors (Lipinski definition) is 5. The minimum Gasteiger partial charge on any atom is -0.314 e. The molecular formula is C13H11Cl2O5PS2. The molecule has 0 spiro atoms. The Morgan fingerprint density at radius 1 is 0.783 bits per heavy atom. The summed E-state index contributed by atoms with van der Waals surface area (Å²) in [5.41, 5.74) is 0. The van der Waals surface area contributed by atoms with E-state index in [-0.39, 0.29) is 20.4 Å². The molecule has 0 aliphatic heterocycles. The molecule has 0 aromatic heterocycles. The van der Waals surface area contributed by atoms with Crippen LogP contribution in [0.1, 0.15) is 0 Å². The van der Waals surface area contributed by atoms with E-state index in [1.54, 1.807) is 0 Å². The fraction of sp³-hybridized carbons (Fsp3) is 0.0769. The summed E-state index contributed by atoms with van der Waals surface area (Å²) in [5.74, 6) is 0. The molecule has 0 amide bonds. The van der Waals surface area contributed by atoms with E-state index in [0.29, 0.717) is 0 Å². The predicted octanol–water partition coefficient (Wildman–Crippen LogP) is 2.49. The summed E-state index contributed by atoms with van der Waals surface area (Å²) in [6.45, 7) is 1.41. The minimum atomic E-state index is -3.97. The van der Waals surface area contributed by atoms with Crippen LogP contribution < -0.4 is 10.6 Å². The topological polar surface area (TPSA) is 85.3 Å². The van der Waals surface area contributed by atoms with Gasteiger partial charge in [0.1, 0.15) is 7.14 Å². The second kappa shape index (κ2) is 6.22. The molecule has 10 heteroatoms. The average molecular weight is 413 g/mol. The summed E-state index contributed by atoms with van der Waals surface area (Å²) in [5, 5.41) is 0.478. The molecule has 0 radical (unpaired) electrons. The van der Waals surface area contributed by atoms with Gasteiger partial charge in [0.25, 0.3) is 18.1 Å². The van der Waals surface area contributed by atoms with E-state index in [2.05, 4.69) is 0 Å². The molecule has 124 valence electrons. The Bertz CT molecular complexity index is 937. The van der Waals surface area contributed by atoms with Crippen LogP contribution in [0, 0.1) is 0 Å². The highest BCUT2D eigenvalue weighted by Gasteiger charge is 2.24. The fourth-order valence-electron chi connectivity index (χ4n) is 1.95. The number of halogens is 2. The molecular weight excluding hydrogens is 402 g/mol. The van der Waals surface area contributed by atoms with Crippen molar-refractivity contribution < 1.29 is 21.4 Å². The highest BCUT2D eigenvalue weighted by molar-refractivity contribution is 8.14. The molecule has 0 fully saturated rings. The fourth-order valence-corrected chi connectivity index (χ4v) is 5.53. The Morgan fingerprint density at radius 2 is 1.13 bits per heavy atom. The van der Waals surface area contributed by atoms with Crippen LogP contribution in [-0.2, 0) is 22.7 Å². The Hall–Kier alpha value is -0.850. The summed E-state index contributed by atoms with van der Waals surface area (Å²) < 4.78 is 58.8. The van der Waals surface area contributed by atoms with Gasteiger partial charge in [-0.3, -0.25) is 0 Å². The molecule has 0 saturated carbocycles. The van der Waals surface area contributed by atoms with E-state index in [1.165, 1.54) is 55.2 Å². The van der Waals surface area contributed by atoms with Crippen molar-refractivity contribution in [3.63, 3.8) is 0 Å². The maximum absolute atomic E-state index is 13.1. The summed E-state index contributed by atoms with van der Waals surface area (Å²) in [7, 11) is -0.572. The summed E-state index contributed by atoms with van der Waals surface area (Å²) >= 11 is 0. The highest BCUT2D eigenvalue weighted by atomic mass is 35.7. The molecule has 0 saturated heterocycles. The first-order valence-electron chi connectivity index (χ1n) is 6.10. The first-order chi connectivity index (χ1) is 10.4. The van der Waals surface area contributed by atoms with E-state index < -0.39 is 25.2 Å². The van der Waals surface area contributed by atoms with Crippen molar-refractivity contribution in [3.8, 4) is 0 Å². The third kappa shape index (κ3) is 4.17.